The Kier molecular flexibility index (Phi) is 5.69. The number of anilines is 1. The fraction of sp³-hybridized carbons (Fsp3) is 0.533. The zero-order chi connectivity index (χ0) is 13.5. The molecule has 0 spiro atoms. The van der Waals surface area contributed by atoms with Gasteiger partial charge in [0.1, 0.15) is 0 Å². The molecule has 1 aromatic rings. The molecule has 0 aliphatic carbocycles. The van der Waals surface area contributed by atoms with Crippen LogP contribution in [0.15, 0.2) is 18.2 Å². The number of rotatable bonds is 7. The third-order valence-electron chi connectivity index (χ3n) is 3.24. The maximum Gasteiger partial charge on any atom is 0.249 e. The SMILES string of the molecule is CCCCCC(C)Nc1cccc(C(N)=O)c1C. The fourth-order valence-electron chi connectivity index (χ4n) is 2.10. The Hall–Kier alpha value is -1.51. The third kappa shape index (κ3) is 4.06. The van der Waals surface area contributed by atoms with Gasteiger partial charge in [-0.25, -0.2) is 0 Å². The van der Waals surface area contributed by atoms with Crippen LogP contribution in [0.5, 0.6) is 0 Å². The number of primary amides is 1. The van der Waals surface area contributed by atoms with Crippen LogP contribution >= 0.6 is 0 Å². The number of benzene rings is 1. The number of nitrogens with one attached hydrogen (secondary N) is 1. The van der Waals surface area contributed by atoms with Crippen molar-refractivity contribution >= 4 is 11.6 Å². The minimum absolute atomic E-state index is 0.366. The summed E-state index contributed by atoms with van der Waals surface area (Å²) >= 11 is 0. The summed E-state index contributed by atoms with van der Waals surface area (Å²) < 4.78 is 0. The molecule has 0 aromatic heterocycles. The summed E-state index contributed by atoms with van der Waals surface area (Å²) in [4.78, 5) is 11.3. The van der Waals surface area contributed by atoms with Crippen molar-refractivity contribution in [2.24, 2.45) is 5.73 Å². The average molecular weight is 248 g/mol. The molecule has 1 unspecified atom stereocenters. The zero-order valence-corrected chi connectivity index (χ0v) is 11.6. The van der Waals surface area contributed by atoms with Crippen LogP contribution in [0, 0.1) is 6.92 Å². The monoisotopic (exact) mass is 248 g/mol. The molecular formula is C15H24N2O. The fourth-order valence-corrected chi connectivity index (χ4v) is 2.10. The van der Waals surface area contributed by atoms with Crippen LogP contribution < -0.4 is 11.1 Å². The van der Waals surface area contributed by atoms with E-state index in [1.165, 1.54) is 19.3 Å². The van der Waals surface area contributed by atoms with E-state index in [4.69, 9.17) is 5.73 Å². The number of hydrogen-bond donors (Lipinski definition) is 2. The summed E-state index contributed by atoms with van der Waals surface area (Å²) in [5.74, 6) is -0.366. The summed E-state index contributed by atoms with van der Waals surface area (Å²) in [6.07, 6.45) is 4.89. The van der Waals surface area contributed by atoms with Gasteiger partial charge < -0.3 is 11.1 Å². The molecule has 1 atom stereocenters. The zero-order valence-electron chi connectivity index (χ0n) is 11.6. The van der Waals surface area contributed by atoms with E-state index in [2.05, 4.69) is 19.2 Å². The van der Waals surface area contributed by atoms with Crippen molar-refractivity contribution in [3.63, 3.8) is 0 Å². The van der Waals surface area contributed by atoms with E-state index in [0.29, 0.717) is 11.6 Å². The van der Waals surface area contributed by atoms with Crippen molar-refractivity contribution in [3.05, 3.63) is 29.3 Å². The van der Waals surface area contributed by atoms with E-state index < -0.39 is 0 Å². The van der Waals surface area contributed by atoms with E-state index in [-0.39, 0.29) is 5.91 Å². The highest BCUT2D eigenvalue weighted by atomic mass is 16.1. The summed E-state index contributed by atoms with van der Waals surface area (Å²) in [6, 6.07) is 6.05. The van der Waals surface area contributed by atoms with Gasteiger partial charge in [0.15, 0.2) is 0 Å². The van der Waals surface area contributed by atoms with Gasteiger partial charge in [-0.2, -0.15) is 0 Å². The number of nitrogens with two attached hydrogens (primary N) is 1. The van der Waals surface area contributed by atoms with Gasteiger partial charge in [0, 0.05) is 17.3 Å². The van der Waals surface area contributed by atoms with E-state index >= 15 is 0 Å². The van der Waals surface area contributed by atoms with Crippen molar-refractivity contribution in [2.75, 3.05) is 5.32 Å². The first-order chi connectivity index (χ1) is 8.56. The molecule has 3 heteroatoms. The molecule has 3 nitrogen and oxygen atoms in total. The second-order valence-electron chi connectivity index (χ2n) is 4.88. The highest BCUT2D eigenvalue weighted by Gasteiger charge is 2.10. The molecule has 0 bridgehead atoms. The maximum absolute atomic E-state index is 11.3. The molecular weight excluding hydrogens is 224 g/mol. The van der Waals surface area contributed by atoms with E-state index in [9.17, 15) is 4.79 Å². The molecule has 1 rings (SSSR count). The Morgan fingerprint density at radius 1 is 1.39 bits per heavy atom. The van der Waals surface area contributed by atoms with Crippen molar-refractivity contribution in [3.8, 4) is 0 Å². The van der Waals surface area contributed by atoms with Crippen molar-refractivity contribution < 1.29 is 4.79 Å². The third-order valence-corrected chi connectivity index (χ3v) is 3.24. The van der Waals surface area contributed by atoms with Gasteiger partial charge in [-0.3, -0.25) is 4.79 Å². The number of carbonyl (C=O) groups is 1. The molecule has 0 radical (unpaired) electrons. The molecule has 100 valence electrons. The normalized spacial score (nSPS) is 12.2. The Balaban J connectivity index is 2.67. The van der Waals surface area contributed by atoms with Crippen LogP contribution in [0.25, 0.3) is 0 Å². The van der Waals surface area contributed by atoms with Crippen molar-refractivity contribution in [2.45, 2.75) is 52.5 Å². The predicted octanol–water partition coefficient (Wildman–Crippen LogP) is 3.47. The van der Waals surface area contributed by atoms with E-state index in [1.807, 2.05) is 19.1 Å². The van der Waals surface area contributed by atoms with Crippen LogP contribution in [0.2, 0.25) is 0 Å². The molecule has 0 aliphatic rings. The first-order valence-corrected chi connectivity index (χ1v) is 6.72. The van der Waals surface area contributed by atoms with Gasteiger partial charge in [-0.1, -0.05) is 32.3 Å². The maximum atomic E-state index is 11.3. The lowest BCUT2D eigenvalue weighted by atomic mass is 10.0. The number of unbranched alkanes of at least 4 members (excludes halogenated alkanes) is 2. The quantitative estimate of drug-likeness (QED) is 0.726. The summed E-state index contributed by atoms with van der Waals surface area (Å²) in [5.41, 5.74) is 7.89. The van der Waals surface area contributed by atoms with Gasteiger partial charge >= 0.3 is 0 Å². The lowest BCUT2D eigenvalue weighted by Crippen LogP contribution is -2.18. The predicted molar refractivity (Wildman–Crippen MR) is 76.9 cm³/mol. The highest BCUT2D eigenvalue weighted by molar-refractivity contribution is 5.95. The van der Waals surface area contributed by atoms with Gasteiger partial charge in [-0.15, -0.1) is 0 Å². The van der Waals surface area contributed by atoms with Crippen molar-refractivity contribution in [1.82, 2.24) is 0 Å². The number of carbonyl (C=O) groups excluding carboxylic acids is 1. The molecule has 1 amide bonds. The van der Waals surface area contributed by atoms with Crippen molar-refractivity contribution in [1.29, 1.82) is 0 Å². The molecule has 0 fully saturated rings. The van der Waals surface area contributed by atoms with Crippen LogP contribution in [0.1, 0.15) is 55.5 Å². The van der Waals surface area contributed by atoms with Gasteiger partial charge in [0.2, 0.25) is 5.91 Å². The first-order valence-electron chi connectivity index (χ1n) is 6.72. The van der Waals surface area contributed by atoms with Crippen LogP contribution in [-0.4, -0.2) is 11.9 Å². The number of amides is 1. The summed E-state index contributed by atoms with van der Waals surface area (Å²) in [5, 5.41) is 3.46. The summed E-state index contributed by atoms with van der Waals surface area (Å²) in [7, 11) is 0. The minimum atomic E-state index is -0.366. The largest absolute Gasteiger partial charge is 0.382 e. The lowest BCUT2D eigenvalue weighted by molar-refractivity contribution is 0.1000. The molecule has 0 saturated heterocycles. The Morgan fingerprint density at radius 2 is 2.11 bits per heavy atom. The molecule has 0 aliphatic heterocycles. The Labute approximate surface area is 110 Å². The molecule has 0 heterocycles. The van der Waals surface area contributed by atoms with Crippen LogP contribution in [0.4, 0.5) is 5.69 Å². The average Bonchev–Trinajstić information content (AvgIpc) is 2.32. The molecule has 18 heavy (non-hydrogen) atoms. The van der Waals surface area contributed by atoms with Gasteiger partial charge in [0.25, 0.3) is 0 Å². The van der Waals surface area contributed by atoms with Gasteiger partial charge in [0.05, 0.1) is 0 Å². The highest BCUT2D eigenvalue weighted by Crippen LogP contribution is 2.20. The van der Waals surface area contributed by atoms with E-state index in [1.54, 1.807) is 6.07 Å². The van der Waals surface area contributed by atoms with Crippen LogP contribution in [-0.2, 0) is 0 Å². The Morgan fingerprint density at radius 3 is 2.72 bits per heavy atom. The smallest absolute Gasteiger partial charge is 0.249 e. The van der Waals surface area contributed by atoms with Crippen LogP contribution in [0.3, 0.4) is 0 Å². The van der Waals surface area contributed by atoms with E-state index in [0.717, 1.165) is 17.7 Å². The standard InChI is InChI=1S/C15H24N2O/c1-4-5-6-8-11(2)17-14-10-7-9-13(12(14)3)15(16)18/h7,9-11,17H,4-6,8H2,1-3H3,(H2,16,18). The second kappa shape index (κ2) is 7.04. The lowest BCUT2D eigenvalue weighted by Gasteiger charge is -2.18. The number of hydrogen-bond acceptors (Lipinski definition) is 2. The second-order valence-corrected chi connectivity index (χ2v) is 4.88. The Bertz CT molecular complexity index is 401. The minimum Gasteiger partial charge on any atom is -0.382 e. The van der Waals surface area contributed by atoms with Gasteiger partial charge in [-0.05, 0) is 38.0 Å². The first kappa shape index (κ1) is 14.6. The molecule has 0 saturated carbocycles. The molecule has 3 N–H and O–H groups in total. The molecule has 1 aromatic carbocycles. The summed E-state index contributed by atoms with van der Waals surface area (Å²) in [6.45, 7) is 6.31. The topological polar surface area (TPSA) is 55.1 Å².